The Labute approximate surface area is 216 Å². The van der Waals surface area contributed by atoms with Gasteiger partial charge >= 0.3 is 0 Å². The first-order valence-electron chi connectivity index (χ1n) is 9.03. The van der Waals surface area contributed by atoms with Crippen LogP contribution in [-0.2, 0) is 9.47 Å². The summed E-state index contributed by atoms with van der Waals surface area (Å²) in [5.41, 5.74) is 0. The van der Waals surface area contributed by atoms with E-state index in [0.29, 0.717) is 0 Å². The van der Waals surface area contributed by atoms with Gasteiger partial charge in [0.2, 0.25) is 0 Å². The molecule has 0 radical (unpaired) electrons. The molecule has 0 heterocycles. The van der Waals surface area contributed by atoms with Crippen LogP contribution in [0.2, 0.25) is 0 Å². The molecule has 0 spiro atoms. The van der Waals surface area contributed by atoms with Crippen molar-refractivity contribution in [3.8, 4) is 11.5 Å². The second-order valence-corrected chi connectivity index (χ2v) is 11.9. The molecule has 9 heteroatoms. The molecule has 0 saturated carbocycles. The summed E-state index contributed by atoms with van der Waals surface area (Å²) < 4.78 is 26.0. The lowest BCUT2D eigenvalue weighted by Crippen LogP contribution is -2.25. The largest absolute Gasteiger partial charge is 0.466 e. The molecule has 3 aromatic rings. The first-order valence-corrected chi connectivity index (χ1v) is 13.5. The average Bonchev–Trinajstić information content (AvgIpc) is 2.73. The molecule has 0 unspecified atom stereocenters. The first kappa shape index (κ1) is 25.2. The van der Waals surface area contributed by atoms with Crippen LogP contribution in [0.1, 0.15) is 0 Å². The van der Waals surface area contributed by atoms with E-state index in [1.54, 1.807) is 14.2 Å². The van der Waals surface area contributed by atoms with E-state index < -0.39 is 7.92 Å². The van der Waals surface area contributed by atoms with Crippen LogP contribution in [0.5, 0.6) is 11.5 Å². The summed E-state index contributed by atoms with van der Waals surface area (Å²) in [5.74, 6) is 1.46. The third-order valence-electron chi connectivity index (χ3n) is 4.12. The van der Waals surface area contributed by atoms with Crippen molar-refractivity contribution in [3.05, 3.63) is 72.5 Å². The highest BCUT2D eigenvalue weighted by molar-refractivity contribution is 9.11. The standard InChI is InChI=1S/C22H19Br4O4P/c1-27-12-29-21-17(25)8-14(23)10-19(21)31(16-6-4-3-5-7-16)20-11-15(24)9-18(26)22(20)30-13-28-2/h3-11H,12-13H2,1-2H3. The van der Waals surface area contributed by atoms with Gasteiger partial charge in [0.1, 0.15) is 11.5 Å². The molecule has 0 saturated heterocycles. The number of benzene rings is 3. The molecule has 31 heavy (non-hydrogen) atoms. The van der Waals surface area contributed by atoms with Crippen molar-refractivity contribution in [2.75, 3.05) is 27.8 Å². The molecular formula is C22H19Br4O4P. The minimum atomic E-state index is -1.07. The molecule has 4 nitrogen and oxygen atoms in total. The predicted octanol–water partition coefficient (Wildman–Crippen LogP) is 6.46. The van der Waals surface area contributed by atoms with Gasteiger partial charge in [-0.15, -0.1) is 0 Å². The lowest BCUT2D eigenvalue weighted by atomic mass is 10.3. The fourth-order valence-electron chi connectivity index (χ4n) is 2.93. The van der Waals surface area contributed by atoms with Gasteiger partial charge in [-0.3, -0.25) is 0 Å². The number of hydrogen-bond donors (Lipinski definition) is 0. The van der Waals surface area contributed by atoms with Crippen LogP contribution in [0.3, 0.4) is 0 Å². The Hall–Kier alpha value is -0.470. The van der Waals surface area contributed by atoms with E-state index in [0.717, 1.165) is 45.3 Å². The summed E-state index contributed by atoms with van der Waals surface area (Å²) in [7, 11) is 2.14. The molecule has 164 valence electrons. The fourth-order valence-corrected chi connectivity index (χ4v) is 8.87. The van der Waals surface area contributed by atoms with Crippen molar-refractivity contribution in [1.29, 1.82) is 0 Å². The van der Waals surface area contributed by atoms with Crippen LogP contribution in [0.4, 0.5) is 0 Å². The summed E-state index contributed by atoms with van der Waals surface area (Å²) in [6.45, 7) is 0.279. The molecule has 0 bridgehead atoms. The maximum absolute atomic E-state index is 6.01. The molecule has 0 N–H and O–H groups in total. The highest BCUT2D eigenvalue weighted by Crippen LogP contribution is 2.45. The van der Waals surface area contributed by atoms with Crippen molar-refractivity contribution in [2.45, 2.75) is 0 Å². The molecule has 3 aromatic carbocycles. The smallest absolute Gasteiger partial charge is 0.188 e. The highest BCUT2D eigenvalue weighted by atomic mass is 79.9. The molecule has 0 aromatic heterocycles. The molecule has 0 atom stereocenters. The minimum Gasteiger partial charge on any atom is -0.466 e. The van der Waals surface area contributed by atoms with Gasteiger partial charge < -0.3 is 18.9 Å². The summed E-state index contributed by atoms with van der Waals surface area (Å²) in [6, 6.07) is 18.4. The summed E-state index contributed by atoms with van der Waals surface area (Å²) in [5, 5.41) is 3.19. The van der Waals surface area contributed by atoms with E-state index in [9.17, 15) is 0 Å². The summed E-state index contributed by atoms with van der Waals surface area (Å²) in [6.07, 6.45) is 0. The Kier molecular flexibility index (Phi) is 9.84. The molecule has 0 aliphatic heterocycles. The molecule has 0 amide bonds. The quantitative estimate of drug-likeness (QED) is 0.190. The van der Waals surface area contributed by atoms with E-state index >= 15 is 0 Å². The second kappa shape index (κ2) is 12.1. The molecule has 0 fully saturated rings. The second-order valence-electron chi connectivity index (χ2n) is 6.24. The minimum absolute atomic E-state index is 0.139. The Balaban J connectivity index is 2.31. The molecule has 3 rings (SSSR count). The average molecular weight is 698 g/mol. The van der Waals surface area contributed by atoms with Crippen molar-refractivity contribution in [2.24, 2.45) is 0 Å². The Morgan fingerprint density at radius 2 is 1.13 bits per heavy atom. The zero-order chi connectivity index (χ0) is 22.4. The Morgan fingerprint density at radius 1 is 0.677 bits per heavy atom. The van der Waals surface area contributed by atoms with Crippen LogP contribution < -0.4 is 25.4 Å². The molecule has 0 aliphatic rings. The number of methoxy groups -OCH3 is 2. The third-order valence-corrected chi connectivity index (χ3v) is 8.65. The van der Waals surface area contributed by atoms with Crippen molar-refractivity contribution < 1.29 is 18.9 Å². The van der Waals surface area contributed by atoms with Crippen LogP contribution in [0, 0.1) is 0 Å². The first-order chi connectivity index (χ1) is 15.0. The molecule has 0 aliphatic carbocycles. The van der Waals surface area contributed by atoms with Gasteiger partial charge in [-0.2, -0.15) is 0 Å². The normalized spacial score (nSPS) is 11.1. The zero-order valence-corrected chi connectivity index (χ0v) is 23.9. The maximum atomic E-state index is 6.01. The van der Waals surface area contributed by atoms with Crippen LogP contribution in [-0.4, -0.2) is 27.8 Å². The lowest BCUT2D eigenvalue weighted by Gasteiger charge is -2.26. The number of rotatable bonds is 9. The van der Waals surface area contributed by atoms with Crippen LogP contribution in [0.25, 0.3) is 0 Å². The SMILES string of the molecule is COCOc1c(Br)cc(Br)cc1P(c1ccccc1)c1cc(Br)cc(Br)c1OCOC. The fraction of sp³-hybridized carbons (Fsp3) is 0.182. The van der Waals surface area contributed by atoms with Crippen LogP contribution in [0.15, 0.2) is 72.5 Å². The van der Waals surface area contributed by atoms with Crippen molar-refractivity contribution in [1.82, 2.24) is 0 Å². The van der Waals surface area contributed by atoms with Crippen LogP contribution >= 0.6 is 71.6 Å². The van der Waals surface area contributed by atoms with Gasteiger partial charge in [-0.05, 0) is 69.4 Å². The number of halogens is 4. The number of hydrogen-bond acceptors (Lipinski definition) is 4. The van der Waals surface area contributed by atoms with Crippen molar-refractivity contribution in [3.63, 3.8) is 0 Å². The van der Waals surface area contributed by atoms with E-state index in [2.05, 4.69) is 88.0 Å². The van der Waals surface area contributed by atoms with Gasteiger partial charge in [0.15, 0.2) is 13.6 Å². The highest BCUT2D eigenvalue weighted by Gasteiger charge is 2.27. The van der Waals surface area contributed by atoms with E-state index in [-0.39, 0.29) is 13.6 Å². The summed E-state index contributed by atoms with van der Waals surface area (Å²) >= 11 is 14.6. The topological polar surface area (TPSA) is 36.9 Å². The van der Waals surface area contributed by atoms with Gasteiger partial charge in [0, 0.05) is 33.8 Å². The van der Waals surface area contributed by atoms with E-state index in [1.165, 1.54) is 0 Å². The van der Waals surface area contributed by atoms with Gasteiger partial charge in [-0.25, -0.2) is 0 Å². The zero-order valence-electron chi connectivity index (χ0n) is 16.7. The van der Waals surface area contributed by atoms with Gasteiger partial charge in [-0.1, -0.05) is 62.2 Å². The van der Waals surface area contributed by atoms with E-state index in [4.69, 9.17) is 18.9 Å². The number of ether oxygens (including phenoxy) is 4. The Morgan fingerprint density at radius 3 is 1.55 bits per heavy atom. The van der Waals surface area contributed by atoms with Gasteiger partial charge in [0.05, 0.1) is 8.95 Å². The predicted molar refractivity (Wildman–Crippen MR) is 141 cm³/mol. The molecular weight excluding hydrogens is 679 g/mol. The van der Waals surface area contributed by atoms with Crippen molar-refractivity contribution >= 4 is 87.6 Å². The van der Waals surface area contributed by atoms with Gasteiger partial charge in [0.25, 0.3) is 0 Å². The maximum Gasteiger partial charge on any atom is 0.188 e. The Bertz CT molecular complexity index is 970. The summed E-state index contributed by atoms with van der Waals surface area (Å²) in [4.78, 5) is 0. The van der Waals surface area contributed by atoms with E-state index in [1.807, 2.05) is 30.3 Å². The monoisotopic (exact) mass is 694 g/mol. The lowest BCUT2D eigenvalue weighted by molar-refractivity contribution is 0.0513. The third kappa shape index (κ3) is 6.32.